The molecule has 102 valence electrons. The van der Waals surface area contributed by atoms with Crippen molar-refractivity contribution < 1.29 is 4.79 Å². The molecule has 0 amide bonds. The van der Waals surface area contributed by atoms with Crippen LogP contribution in [0.15, 0.2) is 42.5 Å². The summed E-state index contributed by atoms with van der Waals surface area (Å²) in [5.41, 5.74) is 3.37. The van der Waals surface area contributed by atoms with E-state index < -0.39 is 0 Å². The van der Waals surface area contributed by atoms with Crippen LogP contribution in [-0.4, -0.2) is 10.5 Å². The van der Waals surface area contributed by atoms with Crippen molar-refractivity contribution >= 4 is 27.7 Å². The summed E-state index contributed by atoms with van der Waals surface area (Å²) in [4.78, 5) is 12.0. The smallest absolute Gasteiger partial charge is 0.228 e. The molecule has 0 aliphatic rings. The third-order valence-corrected chi connectivity index (χ3v) is 3.85. The van der Waals surface area contributed by atoms with Crippen molar-refractivity contribution in [2.75, 3.05) is 0 Å². The zero-order chi connectivity index (χ0) is 14.5. The van der Waals surface area contributed by atoms with Gasteiger partial charge < -0.3 is 0 Å². The number of nitrogens with zero attached hydrogens (tertiary/aromatic N) is 1. The molecular weight excluding hydrogens is 246 g/mol. The molecule has 0 saturated carbocycles. The second-order valence-electron chi connectivity index (χ2n) is 6.35. The fourth-order valence-electron chi connectivity index (χ4n) is 2.78. The highest BCUT2D eigenvalue weighted by Crippen LogP contribution is 2.32. The standard InChI is InChI=1S/C18H19NO/c1-12(20)19-16-8-6-5-7-14(16)15-11-13(18(2,3)4)9-10-17(15)19/h5-11H,1-4H3. The lowest BCUT2D eigenvalue weighted by atomic mass is 9.86. The van der Waals surface area contributed by atoms with Crippen molar-refractivity contribution in [1.82, 2.24) is 4.57 Å². The highest BCUT2D eigenvalue weighted by Gasteiger charge is 2.18. The Kier molecular flexibility index (Phi) is 2.72. The number of para-hydroxylation sites is 1. The zero-order valence-corrected chi connectivity index (χ0v) is 12.4. The van der Waals surface area contributed by atoms with Gasteiger partial charge in [0.25, 0.3) is 0 Å². The van der Waals surface area contributed by atoms with E-state index in [4.69, 9.17) is 0 Å². The lowest BCUT2D eigenvalue weighted by Gasteiger charge is -2.19. The van der Waals surface area contributed by atoms with E-state index in [0.29, 0.717) is 0 Å². The molecule has 3 rings (SSSR count). The van der Waals surface area contributed by atoms with Gasteiger partial charge in [0.1, 0.15) is 0 Å². The van der Waals surface area contributed by atoms with Crippen molar-refractivity contribution in [3.05, 3.63) is 48.0 Å². The highest BCUT2D eigenvalue weighted by atomic mass is 16.1. The van der Waals surface area contributed by atoms with Crippen LogP contribution in [0.1, 0.15) is 38.1 Å². The molecule has 2 aromatic carbocycles. The number of carbonyl (C=O) groups excluding carboxylic acids is 1. The van der Waals surface area contributed by atoms with Crippen LogP contribution in [0, 0.1) is 0 Å². The number of hydrogen-bond acceptors (Lipinski definition) is 1. The minimum absolute atomic E-state index is 0.0553. The number of aromatic nitrogens is 1. The first-order valence-corrected chi connectivity index (χ1v) is 6.94. The Morgan fingerprint density at radius 1 is 0.950 bits per heavy atom. The molecule has 0 bridgehead atoms. The van der Waals surface area contributed by atoms with E-state index in [0.717, 1.165) is 21.8 Å². The van der Waals surface area contributed by atoms with E-state index in [2.05, 4.69) is 45.0 Å². The quantitative estimate of drug-likeness (QED) is 0.575. The second-order valence-corrected chi connectivity index (χ2v) is 6.35. The maximum Gasteiger partial charge on any atom is 0.228 e. The fourth-order valence-corrected chi connectivity index (χ4v) is 2.78. The first-order valence-electron chi connectivity index (χ1n) is 6.94. The van der Waals surface area contributed by atoms with Gasteiger partial charge in [-0.25, -0.2) is 0 Å². The fraction of sp³-hybridized carbons (Fsp3) is 0.278. The van der Waals surface area contributed by atoms with E-state index in [1.807, 2.05) is 18.2 Å². The SMILES string of the molecule is CC(=O)n1c2ccccc2c2cc(C(C)(C)C)ccc21. The third-order valence-electron chi connectivity index (χ3n) is 3.85. The van der Waals surface area contributed by atoms with Crippen LogP contribution < -0.4 is 0 Å². The molecule has 1 heterocycles. The first-order chi connectivity index (χ1) is 9.39. The van der Waals surface area contributed by atoms with Crippen molar-refractivity contribution in [2.45, 2.75) is 33.1 Å². The molecule has 0 radical (unpaired) electrons. The summed E-state index contributed by atoms with van der Waals surface area (Å²) < 4.78 is 1.80. The molecule has 0 unspecified atom stereocenters. The molecule has 0 saturated heterocycles. The van der Waals surface area contributed by atoms with E-state index in [-0.39, 0.29) is 11.3 Å². The van der Waals surface area contributed by atoms with Gasteiger partial charge in [-0.05, 0) is 29.2 Å². The molecule has 2 heteroatoms. The molecule has 0 aliphatic heterocycles. The Morgan fingerprint density at radius 2 is 1.60 bits per heavy atom. The molecule has 0 N–H and O–H groups in total. The predicted octanol–water partition coefficient (Wildman–Crippen LogP) is 4.75. The van der Waals surface area contributed by atoms with Crippen LogP contribution in [0.25, 0.3) is 21.8 Å². The Bertz CT molecular complexity index is 818. The third kappa shape index (κ3) is 1.83. The maximum absolute atomic E-state index is 12.0. The molecule has 1 aromatic heterocycles. The normalized spacial score (nSPS) is 12.2. The van der Waals surface area contributed by atoms with E-state index >= 15 is 0 Å². The minimum Gasteiger partial charge on any atom is -0.280 e. The summed E-state index contributed by atoms with van der Waals surface area (Å²) in [6.45, 7) is 8.23. The van der Waals surface area contributed by atoms with Gasteiger partial charge >= 0.3 is 0 Å². The van der Waals surface area contributed by atoms with Crippen LogP contribution in [0.2, 0.25) is 0 Å². The molecule has 0 fully saturated rings. The molecule has 0 aliphatic carbocycles. The minimum atomic E-state index is 0.0553. The van der Waals surface area contributed by atoms with Gasteiger partial charge in [-0.2, -0.15) is 0 Å². The van der Waals surface area contributed by atoms with Crippen molar-refractivity contribution in [3.63, 3.8) is 0 Å². The summed E-state index contributed by atoms with van der Waals surface area (Å²) in [5.74, 6) is 0.0553. The van der Waals surface area contributed by atoms with Crippen LogP contribution >= 0.6 is 0 Å². The molecule has 2 nitrogen and oxygen atoms in total. The van der Waals surface area contributed by atoms with Crippen molar-refractivity contribution in [2.24, 2.45) is 0 Å². The predicted molar refractivity (Wildman–Crippen MR) is 84.4 cm³/mol. The maximum atomic E-state index is 12.0. The molecule has 0 atom stereocenters. The van der Waals surface area contributed by atoms with Crippen molar-refractivity contribution in [1.29, 1.82) is 0 Å². The lowest BCUT2D eigenvalue weighted by molar-refractivity contribution is 0.0946. The molecular formula is C18H19NO. The highest BCUT2D eigenvalue weighted by molar-refractivity contribution is 6.13. The van der Waals surface area contributed by atoms with Crippen LogP contribution in [0.5, 0.6) is 0 Å². The Hall–Kier alpha value is -2.09. The number of fused-ring (bicyclic) bond motifs is 3. The van der Waals surface area contributed by atoms with Gasteiger partial charge in [-0.3, -0.25) is 9.36 Å². The Morgan fingerprint density at radius 3 is 2.25 bits per heavy atom. The number of carbonyl (C=O) groups is 1. The van der Waals surface area contributed by atoms with Gasteiger partial charge in [-0.15, -0.1) is 0 Å². The largest absolute Gasteiger partial charge is 0.280 e. The number of benzene rings is 2. The summed E-state index contributed by atoms with van der Waals surface area (Å²) in [7, 11) is 0. The van der Waals surface area contributed by atoms with Crippen LogP contribution in [0.4, 0.5) is 0 Å². The van der Waals surface area contributed by atoms with Crippen LogP contribution in [-0.2, 0) is 5.41 Å². The van der Waals surface area contributed by atoms with Gasteiger partial charge in [0.2, 0.25) is 5.91 Å². The molecule has 20 heavy (non-hydrogen) atoms. The Labute approximate surface area is 119 Å². The first kappa shape index (κ1) is 12.9. The number of hydrogen-bond donors (Lipinski definition) is 0. The summed E-state index contributed by atoms with van der Waals surface area (Å²) in [6.07, 6.45) is 0. The van der Waals surface area contributed by atoms with Gasteiger partial charge in [0.05, 0.1) is 11.0 Å². The van der Waals surface area contributed by atoms with Crippen molar-refractivity contribution in [3.8, 4) is 0 Å². The molecule has 3 aromatic rings. The second kappa shape index (κ2) is 4.20. The lowest BCUT2D eigenvalue weighted by Crippen LogP contribution is -2.11. The van der Waals surface area contributed by atoms with Crippen LogP contribution in [0.3, 0.4) is 0 Å². The number of rotatable bonds is 0. The van der Waals surface area contributed by atoms with E-state index in [1.54, 1.807) is 11.5 Å². The zero-order valence-electron chi connectivity index (χ0n) is 12.4. The topological polar surface area (TPSA) is 22.0 Å². The average Bonchev–Trinajstić information content (AvgIpc) is 2.71. The van der Waals surface area contributed by atoms with Gasteiger partial charge in [-0.1, -0.05) is 45.0 Å². The summed E-state index contributed by atoms with van der Waals surface area (Å²) >= 11 is 0. The Balaban J connectivity index is 2.47. The van der Waals surface area contributed by atoms with E-state index in [9.17, 15) is 4.79 Å². The van der Waals surface area contributed by atoms with E-state index in [1.165, 1.54) is 5.56 Å². The summed E-state index contributed by atoms with van der Waals surface area (Å²) in [6, 6.07) is 14.5. The molecule has 0 spiro atoms. The average molecular weight is 265 g/mol. The summed E-state index contributed by atoms with van der Waals surface area (Å²) in [5, 5.41) is 2.30. The van der Waals surface area contributed by atoms with Gasteiger partial charge in [0, 0.05) is 17.7 Å². The monoisotopic (exact) mass is 265 g/mol. The van der Waals surface area contributed by atoms with Gasteiger partial charge in [0.15, 0.2) is 0 Å².